The number of piperidine rings is 1. The predicted octanol–water partition coefficient (Wildman–Crippen LogP) is 4.26. The number of ether oxygens (including phenoxy) is 1. The van der Waals surface area contributed by atoms with Crippen LogP contribution >= 0.6 is 0 Å². The van der Waals surface area contributed by atoms with E-state index in [-0.39, 0.29) is 24.7 Å². The van der Waals surface area contributed by atoms with E-state index in [9.17, 15) is 39.5 Å². The quantitative estimate of drug-likeness (QED) is 0.526. The Morgan fingerprint density at radius 1 is 0.864 bits per heavy atom. The minimum Gasteiger partial charge on any atom is -0.274 e. The van der Waals surface area contributed by atoms with Gasteiger partial charge in [0, 0.05) is 20.0 Å². The van der Waals surface area contributed by atoms with Crippen LogP contribution in [0.25, 0.3) is 0 Å². The van der Waals surface area contributed by atoms with Crippen molar-refractivity contribution in [1.82, 2.24) is 4.90 Å². The molecule has 1 fully saturated rings. The molecule has 132 valence electrons. The smallest absolute Gasteiger partial charge is 0.274 e. The van der Waals surface area contributed by atoms with Crippen LogP contribution in [0.5, 0.6) is 0 Å². The van der Waals surface area contributed by atoms with Gasteiger partial charge in [-0.25, -0.2) is 18.1 Å². The van der Waals surface area contributed by atoms with Crippen molar-refractivity contribution in [3.63, 3.8) is 0 Å². The van der Waals surface area contributed by atoms with Gasteiger partial charge >= 0.3 is 18.1 Å². The largest absolute Gasteiger partial charge is 0.429 e. The molecule has 1 unspecified atom stereocenters. The second kappa shape index (κ2) is 6.06. The molecule has 0 saturated carbocycles. The summed E-state index contributed by atoms with van der Waals surface area (Å²) in [6.07, 6.45) is -9.66. The number of hydrogen-bond acceptors (Lipinski definition) is 2. The summed E-state index contributed by atoms with van der Waals surface area (Å²) in [4.78, 5) is -0.189. The number of rotatable bonds is 6. The Labute approximate surface area is 120 Å². The van der Waals surface area contributed by atoms with Crippen molar-refractivity contribution >= 4 is 0 Å². The van der Waals surface area contributed by atoms with Crippen LogP contribution in [0.4, 0.5) is 39.5 Å². The minimum absolute atomic E-state index is 0.0802. The number of likely N-dealkylation sites (tertiary alicyclic amines) is 1. The highest BCUT2D eigenvalue weighted by Gasteiger charge is 2.76. The maximum atomic E-state index is 13.6. The molecule has 2 nitrogen and oxygen atoms in total. The van der Waals surface area contributed by atoms with Crippen LogP contribution in [0.15, 0.2) is 0 Å². The Kier molecular flexibility index (Phi) is 5.33. The van der Waals surface area contributed by atoms with Gasteiger partial charge < -0.3 is 0 Å². The second-order valence-corrected chi connectivity index (χ2v) is 5.07. The third-order valence-electron chi connectivity index (χ3n) is 3.15. The molecular weight excluding hydrogens is 333 g/mol. The van der Waals surface area contributed by atoms with Gasteiger partial charge in [-0.05, 0) is 12.8 Å². The summed E-state index contributed by atoms with van der Waals surface area (Å²) in [6, 6.07) is -5.38. The van der Waals surface area contributed by atoms with Gasteiger partial charge in [0.1, 0.15) is 0 Å². The number of hydrogen-bond donors (Lipinski definition) is 0. The zero-order valence-corrected chi connectivity index (χ0v) is 11.4. The zero-order valence-electron chi connectivity index (χ0n) is 11.4. The third-order valence-corrected chi connectivity index (χ3v) is 3.15. The van der Waals surface area contributed by atoms with Crippen molar-refractivity contribution in [2.45, 2.75) is 56.5 Å². The van der Waals surface area contributed by atoms with Gasteiger partial charge in [0.25, 0.3) is 12.3 Å². The first-order valence-corrected chi connectivity index (χ1v) is 6.31. The lowest BCUT2D eigenvalue weighted by molar-refractivity contribution is -0.449. The summed E-state index contributed by atoms with van der Waals surface area (Å²) in [5, 5.41) is 0. The highest BCUT2D eigenvalue weighted by atomic mass is 19.4. The average molecular weight is 347 g/mol. The summed E-state index contributed by atoms with van der Waals surface area (Å²) in [5.74, 6) is -10.7. The molecule has 0 bridgehead atoms. The molecule has 11 heteroatoms. The van der Waals surface area contributed by atoms with E-state index < -0.39 is 43.4 Å². The molecule has 0 radical (unpaired) electrons. The van der Waals surface area contributed by atoms with Gasteiger partial charge in [-0.1, -0.05) is 6.42 Å². The maximum absolute atomic E-state index is 13.6. The molecule has 1 aliphatic heterocycles. The molecule has 0 amide bonds. The lowest BCUT2D eigenvalue weighted by Crippen LogP contribution is -2.64. The Morgan fingerprint density at radius 2 is 1.32 bits per heavy atom. The first kappa shape index (κ1) is 19.3. The highest BCUT2D eigenvalue weighted by Crippen LogP contribution is 2.49. The fourth-order valence-electron chi connectivity index (χ4n) is 1.86. The van der Waals surface area contributed by atoms with Gasteiger partial charge in [-0.3, -0.25) is 4.74 Å². The Bertz CT molecular complexity index is 376. The van der Waals surface area contributed by atoms with Gasteiger partial charge in [0.15, 0.2) is 0 Å². The molecule has 1 rings (SSSR count). The molecular formula is C11H14F9NO. The molecule has 1 aliphatic rings. The van der Waals surface area contributed by atoms with Crippen LogP contribution in [0.3, 0.4) is 0 Å². The summed E-state index contributed by atoms with van der Waals surface area (Å²) < 4.78 is 121. The van der Waals surface area contributed by atoms with Crippen molar-refractivity contribution in [3.8, 4) is 0 Å². The third kappa shape index (κ3) is 3.61. The van der Waals surface area contributed by atoms with E-state index in [2.05, 4.69) is 4.74 Å². The van der Waals surface area contributed by atoms with E-state index in [4.69, 9.17) is 0 Å². The van der Waals surface area contributed by atoms with Crippen LogP contribution in [0, 0.1) is 0 Å². The molecule has 0 N–H and O–H groups in total. The van der Waals surface area contributed by atoms with E-state index in [1.165, 1.54) is 0 Å². The van der Waals surface area contributed by atoms with Crippen molar-refractivity contribution in [1.29, 1.82) is 0 Å². The van der Waals surface area contributed by atoms with Crippen LogP contribution < -0.4 is 0 Å². The Balaban J connectivity index is 2.98. The van der Waals surface area contributed by atoms with Crippen LogP contribution in [0.1, 0.15) is 26.2 Å². The molecule has 1 saturated heterocycles. The van der Waals surface area contributed by atoms with Crippen LogP contribution in [-0.4, -0.2) is 48.3 Å². The highest BCUT2D eigenvalue weighted by molar-refractivity contribution is 4.93. The number of alkyl halides is 9. The first-order chi connectivity index (χ1) is 9.73. The van der Waals surface area contributed by atoms with Gasteiger partial charge in [0.05, 0.1) is 0 Å². The minimum atomic E-state index is -6.19. The molecule has 0 aromatic rings. The molecule has 0 aromatic carbocycles. The normalized spacial score (nSPS) is 21.0. The van der Waals surface area contributed by atoms with E-state index in [0.29, 0.717) is 6.42 Å². The van der Waals surface area contributed by atoms with Crippen molar-refractivity contribution in [2.24, 2.45) is 0 Å². The Morgan fingerprint density at radius 3 is 1.73 bits per heavy atom. The average Bonchev–Trinajstić information content (AvgIpc) is 2.37. The monoisotopic (exact) mass is 347 g/mol. The fraction of sp³-hybridized carbons (Fsp3) is 1.00. The number of halogens is 9. The maximum Gasteiger partial charge on any atom is 0.429 e. The van der Waals surface area contributed by atoms with Gasteiger partial charge in [-0.15, -0.1) is 0 Å². The molecule has 1 atom stereocenters. The summed E-state index contributed by atoms with van der Waals surface area (Å²) in [6.45, 7) is -1.38. The lowest BCUT2D eigenvalue weighted by Gasteiger charge is -2.40. The van der Waals surface area contributed by atoms with Gasteiger partial charge in [-0.2, -0.15) is 26.3 Å². The van der Waals surface area contributed by atoms with Gasteiger partial charge in [0.2, 0.25) is 0 Å². The van der Waals surface area contributed by atoms with E-state index in [1.54, 1.807) is 0 Å². The molecule has 0 spiro atoms. The predicted molar refractivity (Wildman–Crippen MR) is 56.9 cm³/mol. The van der Waals surface area contributed by atoms with Crippen molar-refractivity contribution in [3.05, 3.63) is 0 Å². The summed E-state index contributed by atoms with van der Waals surface area (Å²) in [7, 11) is 0. The fourth-order valence-corrected chi connectivity index (χ4v) is 1.86. The molecule has 0 aliphatic carbocycles. The standard InChI is InChI=1S/C11H14F9NO/c1-8(13,14)7(12)22-11(19,20)9(15,16)10(17,18)21-5-3-2-4-6-21/h7H,2-6H2,1H3. The van der Waals surface area contributed by atoms with Crippen molar-refractivity contribution < 1.29 is 44.3 Å². The first-order valence-electron chi connectivity index (χ1n) is 6.31. The molecule has 22 heavy (non-hydrogen) atoms. The Hall–Kier alpha value is -0.710. The van der Waals surface area contributed by atoms with E-state index in [1.807, 2.05) is 0 Å². The molecule has 0 aromatic heterocycles. The second-order valence-electron chi connectivity index (χ2n) is 5.07. The number of nitrogens with zero attached hydrogens (tertiary/aromatic N) is 1. The summed E-state index contributed by atoms with van der Waals surface area (Å²) >= 11 is 0. The zero-order chi connectivity index (χ0) is 17.4. The topological polar surface area (TPSA) is 12.5 Å². The van der Waals surface area contributed by atoms with Crippen molar-refractivity contribution in [2.75, 3.05) is 13.1 Å². The van der Waals surface area contributed by atoms with Crippen LogP contribution in [-0.2, 0) is 4.74 Å². The lowest BCUT2D eigenvalue weighted by atomic mass is 10.1. The van der Waals surface area contributed by atoms with E-state index in [0.717, 1.165) is 0 Å². The summed E-state index contributed by atoms with van der Waals surface area (Å²) in [5.41, 5.74) is 0. The SMILES string of the molecule is CC(F)(F)C(F)OC(F)(F)C(F)(F)C(F)(F)N1CCCCC1. The van der Waals surface area contributed by atoms with E-state index >= 15 is 0 Å². The molecule has 1 heterocycles. The van der Waals surface area contributed by atoms with Crippen LogP contribution in [0.2, 0.25) is 0 Å².